The van der Waals surface area contributed by atoms with Gasteiger partial charge in [-0.2, -0.15) is 0 Å². The summed E-state index contributed by atoms with van der Waals surface area (Å²) in [5.74, 6) is 2.78. The summed E-state index contributed by atoms with van der Waals surface area (Å²) in [6, 6.07) is 22.9. The molecule has 0 amide bonds. The van der Waals surface area contributed by atoms with Crippen LogP contribution in [-0.2, 0) is 19.6 Å². The van der Waals surface area contributed by atoms with Crippen LogP contribution >= 0.6 is 0 Å². The molecule has 4 rings (SSSR count). The van der Waals surface area contributed by atoms with Gasteiger partial charge in [-0.15, -0.1) is 0 Å². The Bertz CT molecular complexity index is 1150. The van der Waals surface area contributed by atoms with Crippen LogP contribution in [0.3, 0.4) is 0 Å². The molecule has 0 saturated heterocycles. The lowest BCUT2D eigenvalue weighted by molar-refractivity contribution is 0.279. The summed E-state index contributed by atoms with van der Waals surface area (Å²) in [6.07, 6.45) is 1.94. The summed E-state index contributed by atoms with van der Waals surface area (Å²) in [4.78, 5) is 4.83. The van der Waals surface area contributed by atoms with Gasteiger partial charge in [0.05, 0.1) is 17.6 Å². The van der Waals surface area contributed by atoms with Crippen molar-refractivity contribution in [2.75, 3.05) is 6.61 Å². The Labute approximate surface area is 184 Å². The topological polar surface area (TPSA) is 36.3 Å². The molecule has 0 aliphatic carbocycles. The van der Waals surface area contributed by atoms with Crippen molar-refractivity contribution in [2.24, 2.45) is 0 Å². The maximum Gasteiger partial charge on any atom is 0.148 e. The number of para-hydroxylation sites is 2. The molecule has 0 N–H and O–H groups in total. The third-order valence-corrected chi connectivity index (χ3v) is 5.56. The fourth-order valence-electron chi connectivity index (χ4n) is 3.72. The van der Waals surface area contributed by atoms with E-state index in [2.05, 4.69) is 86.0 Å². The second kappa shape index (κ2) is 9.69. The van der Waals surface area contributed by atoms with Gasteiger partial charge in [0.2, 0.25) is 0 Å². The minimum absolute atomic E-state index is 0.443. The Morgan fingerprint density at radius 1 is 0.903 bits per heavy atom. The van der Waals surface area contributed by atoms with Gasteiger partial charge in [0.15, 0.2) is 0 Å². The monoisotopic (exact) mass is 414 g/mol. The summed E-state index contributed by atoms with van der Waals surface area (Å²) >= 11 is 0. The number of fused-ring (bicyclic) bond motifs is 1. The number of hydrogen-bond donors (Lipinski definition) is 0. The largest absolute Gasteiger partial charge is 0.494 e. The van der Waals surface area contributed by atoms with E-state index in [1.807, 2.05) is 6.07 Å². The molecule has 0 radical (unpaired) electrons. The van der Waals surface area contributed by atoms with Crippen molar-refractivity contribution >= 4 is 11.0 Å². The summed E-state index contributed by atoms with van der Waals surface area (Å²) in [7, 11) is 0. The number of benzene rings is 3. The highest BCUT2D eigenvalue weighted by molar-refractivity contribution is 5.75. The molecule has 1 aromatic heterocycles. The summed E-state index contributed by atoms with van der Waals surface area (Å²) in [5.41, 5.74) is 5.78. The first-order valence-electron chi connectivity index (χ1n) is 11.0. The van der Waals surface area contributed by atoms with E-state index in [0.29, 0.717) is 13.2 Å². The number of aromatic nitrogens is 2. The second-order valence-corrected chi connectivity index (χ2v) is 7.93. The molecule has 0 aliphatic heterocycles. The average molecular weight is 415 g/mol. The first-order valence-corrected chi connectivity index (χ1v) is 11.0. The van der Waals surface area contributed by atoms with E-state index >= 15 is 0 Å². The van der Waals surface area contributed by atoms with Gasteiger partial charge in [0.1, 0.15) is 23.9 Å². The molecular formula is C27H30N2O2. The first kappa shape index (κ1) is 21.0. The van der Waals surface area contributed by atoms with Crippen LogP contribution in [0.15, 0.2) is 66.7 Å². The molecule has 4 nitrogen and oxygen atoms in total. The SMILES string of the molecule is CCc1ccc(OCCCn2c(COc3cc(C)ccc3C)nc3ccccc32)cc1. The third-order valence-electron chi connectivity index (χ3n) is 5.56. The Morgan fingerprint density at radius 3 is 2.52 bits per heavy atom. The van der Waals surface area contributed by atoms with Crippen molar-refractivity contribution in [2.45, 2.75) is 46.8 Å². The van der Waals surface area contributed by atoms with Gasteiger partial charge in [-0.1, -0.05) is 43.3 Å². The minimum atomic E-state index is 0.443. The standard InChI is InChI=1S/C27H30N2O2/c1-4-22-12-14-23(15-13-22)30-17-7-16-29-25-9-6-5-8-24(25)28-27(29)19-31-26-18-20(2)10-11-21(26)3/h5-6,8-15,18H,4,7,16-17,19H2,1-3H3. The average Bonchev–Trinajstić information content (AvgIpc) is 3.15. The Hall–Kier alpha value is -3.27. The third kappa shape index (κ3) is 5.08. The van der Waals surface area contributed by atoms with Gasteiger partial charge in [-0.25, -0.2) is 4.98 Å². The zero-order valence-electron chi connectivity index (χ0n) is 18.6. The molecule has 1 heterocycles. The van der Waals surface area contributed by atoms with Gasteiger partial charge < -0.3 is 14.0 Å². The molecule has 4 aromatic rings. The van der Waals surface area contributed by atoms with Crippen LogP contribution in [0.2, 0.25) is 0 Å². The number of aryl methyl sites for hydroxylation is 4. The lowest BCUT2D eigenvalue weighted by Gasteiger charge is -2.13. The molecular weight excluding hydrogens is 384 g/mol. The van der Waals surface area contributed by atoms with Crippen LogP contribution in [0.1, 0.15) is 35.9 Å². The molecule has 4 heteroatoms. The summed E-state index contributed by atoms with van der Waals surface area (Å²) in [6.45, 7) is 8.25. The highest BCUT2D eigenvalue weighted by Gasteiger charge is 2.12. The minimum Gasteiger partial charge on any atom is -0.494 e. The fraction of sp³-hybridized carbons (Fsp3) is 0.296. The van der Waals surface area contributed by atoms with Crippen LogP contribution in [0, 0.1) is 13.8 Å². The Morgan fingerprint density at radius 2 is 1.71 bits per heavy atom. The van der Waals surface area contributed by atoms with Crippen LogP contribution in [0.25, 0.3) is 11.0 Å². The first-order chi connectivity index (χ1) is 15.1. The predicted octanol–water partition coefficient (Wildman–Crippen LogP) is 6.26. The van der Waals surface area contributed by atoms with Gasteiger partial charge >= 0.3 is 0 Å². The smallest absolute Gasteiger partial charge is 0.148 e. The van der Waals surface area contributed by atoms with Crippen LogP contribution in [-0.4, -0.2) is 16.2 Å². The van der Waals surface area contributed by atoms with E-state index in [1.54, 1.807) is 0 Å². The van der Waals surface area contributed by atoms with Gasteiger partial charge in [-0.05, 0) is 73.7 Å². The van der Waals surface area contributed by atoms with E-state index < -0.39 is 0 Å². The molecule has 0 unspecified atom stereocenters. The molecule has 0 atom stereocenters. The zero-order valence-corrected chi connectivity index (χ0v) is 18.6. The summed E-state index contributed by atoms with van der Waals surface area (Å²) < 4.78 is 14.4. The lowest BCUT2D eigenvalue weighted by atomic mass is 10.1. The number of rotatable bonds is 9. The number of nitrogens with zero attached hydrogens (tertiary/aromatic N) is 2. The quantitative estimate of drug-likeness (QED) is 0.303. The van der Waals surface area contributed by atoms with E-state index in [9.17, 15) is 0 Å². The van der Waals surface area contributed by atoms with Gasteiger partial charge in [0, 0.05) is 6.54 Å². The Balaban J connectivity index is 1.43. The lowest BCUT2D eigenvalue weighted by Crippen LogP contribution is -2.10. The van der Waals surface area contributed by atoms with Crippen molar-refractivity contribution < 1.29 is 9.47 Å². The van der Waals surface area contributed by atoms with E-state index in [4.69, 9.17) is 14.5 Å². The van der Waals surface area contributed by atoms with Crippen LogP contribution in [0.4, 0.5) is 0 Å². The highest BCUT2D eigenvalue weighted by atomic mass is 16.5. The molecule has 0 bridgehead atoms. The molecule has 0 spiro atoms. The van der Waals surface area contributed by atoms with Gasteiger partial charge in [0.25, 0.3) is 0 Å². The van der Waals surface area contributed by atoms with Crippen molar-refractivity contribution in [3.05, 3.63) is 89.2 Å². The number of imidazole rings is 1. The van der Waals surface area contributed by atoms with E-state index in [-0.39, 0.29) is 0 Å². The van der Waals surface area contributed by atoms with Crippen molar-refractivity contribution in [3.63, 3.8) is 0 Å². The van der Waals surface area contributed by atoms with Crippen molar-refractivity contribution in [3.8, 4) is 11.5 Å². The Kier molecular flexibility index (Phi) is 6.56. The normalized spacial score (nSPS) is 11.1. The van der Waals surface area contributed by atoms with E-state index in [0.717, 1.165) is 53.3 Å². The van der Waals surface area contributed by atoms with Crippen LogP contribution in [0.5, 0.6) is 11.5 Å². The van der Waals surface area contributed by atoms with Gasteiger partial charge in [-0.3, -0.25) is 0 Å². The zero-order chi connectivity index (χ0) is 21.6. The maximum atomic E-state index is 6.16. The maximum absolute atomic E-state index is 6.16. The predicted molar refractivity (Wildman–Crippen MR) is 126 cm³/mol. The van der Waals surface area contributed by atoms with Crippen molar-refractivity contribution in [1.82, 2.24) is 9.55 Å². The number of ether oxygens (including phenoxy) is 2. The second-order valence-electron chi connectivity index (χ2n) is 7.93. The molecule has 0 fully saturated rings. The number of hydrogen-bond acceptors (Lipinski definition) is 3. The fourth-order valence-corrected chi connectivity index (χ4v) is 3.72. The molecule has 160 valence electrons. The molecule has 3 aromatic carbocycles. The molecule has 0 aliphatic rings. The van der Waals surface area contributed by atoms with E-state index in [1.165, 1.54) is 11.1 Å². The summed E-state index contributed by atoms with van der Waals surface area (Å²) in [5, 5.41) is 0. The molecule has 31 heavy (non-hydrogen) atoms. The van der Waals surface area contributed by atoms with Crippen molar-refractivity contribution in [1.29, 1.82) is 0 Å². The molecule has 0 saturated carbocycles. The van der Waals surface area contributed by atoms with Crippen LogP contribution < -0.4 is 9.47 Å². The highest BCUT2D eigenvalue weighted by Crippen LogP contribution is 2.22.